The average Bonchev–Trinajstić information content (AvgIpc) is 2.72. The summed E-state index contributed by atoms with van der Waals surface area (Å²) in [4.78, 5) is 7.90. The predicted molar refractivity (Wildman–Crippen MR) is 65.4 cm³/mol. The highest BCUT2D eigenvalue weighted by Gasteiger charge is 2.26. The monoisotopic (exact) mass is 230 g/mol. The van der Waals surface area contributed by atoms with Crippen LogP contribution < -0.4 is 10.6 Å². The highest BCUT2D eigenvalue weighted by molar-refractivity contribution is 5.86. The van der Waals surface area contributed by atoms with E-state index in [4.69, 9.17) is 5.73 Å². The Bertz CT molecular complexity index is 573. The van der Waals surface area contributed by atoms with Gasteiger partial charge in [-0.2, -0.15) is 15.0 Å². The lowest BCUT2D eigenvalue weighted by atomic mass is 10.0. The third-order valence-electron chi connectivity index (χ3n) is 2.98. The van der Waals surface area contributed by atoms with E-state index in [0.29, 0.717) is 5.82 Å². The Kier molecular flexibility index (Phi) is 2.04. The summed E-state index contributed by atoms with van der Waals surface area (Å²) in [6, 6.07) is 1.94. The molecule has 0 aromatic carbocycles. The van der Waals surface area contributed by atoms with Crippen LogP contribution in [0.15, 0.2) is 12.3 Å². The first kappa shape index (κ1) is 10.1. The molecule has 0 unspecified atom stereocenters. The molecule has 0 bridgehead atoms. The largest absolute Gasteiger partial charge is 0.382 e. The lowest BCUT2D eigenvalue weighted by Gasteiger charge is -2.26. The van der Waals surface area contributed by atoms with Gasteiger partial charge in [-0.15, -0.1) is 0 Å². The minimum Gasteiger partial charge on any atom is -0.382 e. The summed E-state index contributed by atoms with van der Waals surface area (Å²) < 4.78 is 0. The lowest BCUT2D eigenvalue weighted by molar-refractivity contribution is 0.565. The highest BCUT2D eigenvalue weighted by atomic mass is 15.5. The number of aromatic nitrogens is 4. The van der Waals surface area contributed by atoms with Crippen LogP contribution in [0.1, 0.15) is 12.6 Å². The summed E-state index contributed by atoms with van der Waals surface area (Å²) in [6.45, 7) is 3.52. The number of fused-ring (bicyclic) bond motifs is 3. The second kappa shape index (κ2) is 3.44. The molecule has 17 heavy (non-hydrogen) atoms. The van der Waals surface area contributed by atoms with E-state index in [2.05, 4.69) is 20.1 Å². The molecule has 6 heteroatoms. The van der Waals surface area contributed by atoms with Crippen molar-refractivity contribution in [3.8, 4) is 11.3 Å². The number of hydrogen-bond donors (Lipinski definition) is 1. The maximum Gasteiger partial charge on any atom is 0.147 e. The molecule has 2 N–H and O–H groups in total. The Morgan fingerprint density at radius 3 is 3.00 bits per heavy atom. The van der Waals surface area contributed by atoms with Gasteiger partial charge < -0.3 is 10.6 Å². The van der Waals surface area contributed by atoms with Crippen LogP contribution in [-0.4, -0.2) is 27.0 Å². The van der Waals surface area contributed by atoms with E-state index < -0.39 is 0 Å². The molecule has 1 aliphatic rings. The standard InChI is InChI=1S/C11H14N6/c1-3-17-14-8-6-16(2)10-7(9(8)15-17)4-5-13-11(10)12/h4-5H,3,6H2,1-2H3,(H2,12,13). The quantitative estimate of drug-likeness (QED) is 0.787. The molecule has 3 heterocycles. The molecule has 6 nitrogen and oxygen atoms in total. The molecule has 0 saturated carbocycles. The number of nitrogen functional groups attached to an aromatic ring is 1. The molecule has 1 aliphatic heterocycles. The van der Waals surface area contributed by atoms with E-state index in [0.717, 1.165) is 35.7 Å². The Labute approximate surface area is 99.1 Å². The third-order valence-corrected chi connectivity index (χ3v) is 2.98. The lowest BCUT2D eigenvalue weighted by Crippen LogP contribution is -2.23. The van der Waals surface area contributed by atoms with Gasteiger partial charge >= 0.3 is 0 Å². The molecule has 0 spiro atoms. The van der Waals surface area contributed by atoms with E-state index in [9.17, 15) is 0 Å². The zero-order valence-corrected chi connectivity index (χ0v) is 9.88. The van der Waals surface area contributed by atoms with E-state index in [1.165, 1.54) is 0 Å². The smallest absolute Gasteiger partial charge is 0.147 e. The van der Waals surface area contributed by atoms with Crippen LogP contribution in [0.4, 0.5) is 11.5 Å². The number of hydrogen-bond acceptors (Lipinski definition) is 5. The number of anilines is 2. The fourth-order valence-corrected chi connectivity index (χ4v) is 2.21. The Morgan fingerprint density at radius 2 is 2.24 bits per heavy atom. The Hall–Kier alpha value is -2.11. The van der Waals surface area contributed by atoms with Gasteiger partial charge in [0.1, 0.15) is 17.2 Å². The topological polar surface area (TPSA) is 72.9 Å². The van der Waals surface area contributed by atoms with Gasteiger partial charge in [-0.05, 0) is 13.0 Å². The van der Waals surface area contributed by atoms with Crippen LogP contribution in [0.5, 0.6) is 0 Å². The first-order chi connectivity index (χ1) is 8.20. The van der Waals surface area contributed by atoms with E-state index in [-0.39, 0.29) is 0 Å². The van der Waals surface area contributed by atoms with Crippen molar-refractivity contribution in [3.05, 3.63) is 18.0 Å². The van der Waals surface area contributed by atoms with Gasteiger partial charge in [-0.1, -0.05) is 0 Å². The van der Waals surface area contributed by atoms with Crippen molar-refractivity contribution < 1.29 is 0 Å². The van der Waals surface area contributed by atoms with Crippen LogP contribution in [0.3, 0.4) is 0 Å². The first-order valence-corrected chi connectivity index (χ1v) is 5.60. The van der Waals surface area contributed by atoms with Crippen molar-refractivity contribution >= 4 is 11.5 Å². The van der Waals surface area contributed by atoms with Crippen molar-refractivity contribution in [2.75, 3.05) is 17.7 Å². The van der Waals surface area contributed by atoms with Crippen LogP contribution in [0.2, 0.25) is 0 Å². The van der Waals surface area contributed by atoms with Crippen molar-refractivity contribution in [1.82, 2.24) is 20.0 Å². The van der Waals surface area contributed by atoms with Gasteiger partial charge in [0.05, 0.1) is 18.8 Å². The fraction of sp³-hybridized carbons (Fsp3) is 0.364. The Balaban J connectivity index is 2.25. The summed E-state index contributed by atoms with van der Waals surface area (Å²) >= 11 is 0. The zero-order valence-electron chi connectivity index (χ0n) is 9.88. The van der Waals surface area contributed by atoms with Gasteiger partial charge in [0.25, 0.3) is 0 Å². The van der Waals surface area contributed by atoms with Gasteiger partial charge in [0.2, 0.25) is 0 Å². The second-order valence-corrected chi connectivity index (χ2v) is 4.13. The third kappa shape index (κ3) is 1.37. The van der Waals surface area contributed by atoms with E-state index in [1.54, 1.807) is 11.0 Å². The Morgan fingerprint density at radius 1 is 1.41 bits per heavy atom. The fourth-order valence-electron chi connectivity index (χ4n) is 2.21. The maximum absolute atomic E-state index is 5.92. The number of nitrogens with zero attached hydrogens (tertiary/aromatic N) is 5. The number of aryl methyl sites for hydroxylation is 1. The summed E-state index contributed by atoms with van der Waals surface area (Å²) in [7, 11) is 1.99. The minimum atomic E-state index is 0.543. The SMILES string of the molecule is CCn1nc2c(n1)-c1ccnc(N)c1N(C)C2. The molecule has 0 atom stereocenters. The molecule has 0 aliphatic carbocycles. The zero-order chi connectivity index (χ0) is 12.0. The summed E-state index contributed by atoms with van der Waals surface area (Å²) in [5, 5.41) is 8.93. The number of pyridine rings is 1. The molecule has 88 valence electrons. The van der Waals surface area contributed by atoms with Gasteiger partial charge in [-0.3, -0.25) is 0 Å². The van der Waals surface area contributed by atoms with Crippen molar-refractivity contribution in [1.29, 1.82) is 0 Å². The normalized spacial score (nSPS) is 13.4. The highest BCUT2D eigenvalue weighted by Crippen LogP contribution is 2.38. The molecule has 0 fully saturated rings. The van der Waals surface area contributed by atoms with Crippen LogP contribution in [0, 0.1) is 0 Å². The molecule has 0 amide bonds. The van der Waals surface area contributed by atoms with Crippen LogP contribution >= 0.6 is 0 Å². The van der Waals surface area contributed by atoms with E-state index in [1.807, 2.05) is 20.0 Å². The van der Waals surface area contributed by atoms with Gasteiger partial charge in [0.15, 0.2) is 0 Å². The average molecular weight is 230 g/mol. The van der Waals surface area contributed by atoms with Crippen LogP contribution in [0.25, 0.3) is 11.3 Å². The molecule has 2 aromatic heterocycles. The maximum atomic E-state index is 5.92. The van der Waals surface area contributed by atoms with Crippen molar-refractivity contribution in [3.63, 3.8) is 0 Å². The molecule has 0 saturated heterocycles. The molecule has 3 rings (SSSR count). The second-order valence-electron chi connectivity index (χ2n) is 4.13. The van der Waals surface area contributed by atoms with Crippen molar-refractivity contribution in [2.24, 2.45) is 0 Å². The van der Waals surface area contributed by atoms with Crippen molar-refractivity contribution in [2.45, 2.75) is 20.0 Å². The number of nitrogens with two attached hydrogens (primary N) is 1. The molecular formula is C11H14N6. The minimum absolute atomic E-state index is 0.543. The van der Waals surface area contributed by atoms with E-state index >= 15 is 0 Å². The molecule has 2 aromatic rings. The first-order valence-electron chi connectivity index (χ1n) is 5.60. The molecule has 0 radical (unpaired) electrons. The summed E-state index contributed by atoms with van der Waals surface area (Å²) in [5.74, 6) is 0.543. The summed E-state index contributed by atoms with van der Waals surface area (Å²) in [5.41, 5.74) is 9.80. The van der Waals surface area contributed by atoms with Gasteiger partial charge in [0, 0.05) is 18.8 Å². The molecular weight excluding hydrogens is 216 g/mol. The summed E-state index contributed by atoms with van der Waals surface area (Å²) in [6.07, 6.45) is 1.71. The predicted octanol–water partition coefficient (Wildman–Crippen LogP) is 0.892. The van der Waals surface area contributed by atoms with Crippen LogP contribution in [-0.2, 0) is 13.1 Å². The number of rotatable bonds is 1. The van der Waals surface area contributed by atoms with Gasteiger partial charge in [-0.25, -0.2) is 4.98 Å².